The van der Waals surface area contributed by atoms with Crippen molar-refractivity contribution < 1.29 is 0 Å². The number of fused-ring (bicyclic) bond motifs is 10. The third-order valence-electron chi connectivity index (χ3n) is 11.4. The first-order valence-electron chi connectivity index (χ1n) is 18.8. The molecule has 0 atom stereocenters. The molecular weight excluding hydrogens is 649 g/mol. The fraction of sp³-hybridized carbons (Fsp3) is 0. The molecule has 0 saturated carbocycles. The van der Waals surface area contributed by atoms with E-state index in [1.807, 2.05) is 0 Å². The Morgan fingerprint density at radius 2 is 0.611 bits per heavy atom. The number of hydrogen-bond acceptors (Lipinski definition) is 0. The summed E-state index contributed by atoms with van der Waals surface area (Å²) in [5, 5.41) is 15.3. The van der Waals surface area contributed by atoms with Crippen molar-refractivity contribution in [3.05, 3.63) is 206 Å². The molecule has 11 rings (SSSR count). The van der Waals surface area contributed by atoms with E-state index < -0.39 is 0 Å². The van der Waals surface area contributed by atoms with E-state index in [0.717, 1.165) is 0 Å². The van der Waals surface area contributed by atoms with Crippen LogP contribution in [0.4, 0.5) is 0 Å². The SMILES string of the molecule is c1ccc(-c2ccc(-c3ccccc3)c3c(-c4ccccc4)c4cc5c(cc4c(-c4ccccc4)c23)c2ccccc2c2ccc3ccccc3c25)cc1. The number of rotatable bonds is 4. The molecule has 0 nitrogen and oxygen atoms in total. The van der Waals surface area contributed by atoms with E-state index >= 15 is 0 Å². The summed E-state index contributed by atoms with van der Waals surface area (Å²) >= 11 is 0. The minimum atomic E-state index is 1.21. The lowest BCUT2D eigenvalue weighted by atomic mass is 9.79. The monoisotopic (exact) mass is 682 g/mol. The van der Waals surface area contributed by atoms with Gasteiger partial charge in [-0.3, -0.25) is 0 Å². The molecule has 0 aliphatic carbocycles. The smallest absolute Gasteiger partial charge is 0.000786 e. The molecule has 0 radical (unpaired) electrons. The average Bonchev–Trinajstić information content (AvgIpc) is 3.25. The maximum absolute atomic E-state index is 2.53. The topological polar surface area (TPSA) is 0 Å². The van der Waals surface area contributed by atoms with Crippen molar-refractivity contribution >= 4 is 64.6 Å². The summed E-state index contributed by atoms with van der Waals surface area (Å²) < 4.78 is 0. The van der Waals surface area contributed by atoms with Gasteiger partial charge in [0, 0.05) is 0 Å². The number of hydrogen-bond donors (Lipinski definition) is 0. The zero-order valence-corrected chi connectivity index (χ0v) is 29.6. The van der Waals surface area contributed by atoms with Crippen molar-refractivity contribution in [1.29, 1.82) is 0 Å². The highest BCUT2D eigenvalue weighted by molar-refractivity contribution is 6.36. The molecule has 0 fully saturated rings. The van der Waals surface area contributed by atoms with Gasteiger partial charge in [-0.2, -0.15) is 0 Å². The van der Waals surface area contributed by atoms with Crippen LogP contribution in [-0.4, -0.2) is 0 Å². The summed E-state index contributed by atoms with van der Waals surface area (Å²) in [5.41, 5.74) is 9.84. The van der Waals surface area contributed by atoms with Crippen LogP contribution in [0.3, 0.4) is 0 Å². The summed E-state index contributed by atoms with van der Waals surface area (Å²) in [4.78, 5) is 0. The third kappa shape index (κ3) is 4.64. The molecule has 0 aliphatic heterocycles. The molecule has 0 amide bonds. The molecule has 0 N–H and O–H groups in total. The lowest BCUT2D eigenvalue weighted by molar-refractivity contribution is 1.61. The first-order valence-corrected chi connectivity index (χ1v) is 18.8. The van der Waals surface area contributed by atoms with Crippen LogP contribution >= 0.6 is 0 Å². The summed E-state index contributed by atoms with van der Waals surface area (Å²) in [6, 6.07) is 76.2. The van der Waals surface area contributed by atoms with Gasteiger partial charge in [-0.15, -0.1) is 0 Å². The lowest BCUT2D eigenvalue weighted by Gasteiger charge is -2.24. The predicted molar refractivity (Wildman–Crippen MR) is 233 cm³/mol. The highest BCUT2D eigenvalue weighted by atomic mass is 14.3. The normalized spacial score (nSPS) is 11.7. The second-order valence-electron chi connectivity index (χ2n) is 14.3. The molecule has 0 aromatic heterocycles. The molecule has 0 unspecified atom stereocenters. The Bertz CT molecular complexity index is 3210. The maximum atomic E-state index is 2.53. The van der Waals surface area contributed by atoms with Crippen LogP contribution in [0.2, 0.25) is 0 Å². The Balaban J connectivity index is 1.48. The van der Waals surface area contributed by atoms with Gasteiger partial charge in [-0.1, -0.05) is 194 Å². The summed E-state index contributed by atoms with van der Waals surface area (Å²) in [7, 11) is 0. The highest BCUT2D eigenvalue weighted by Gasteiger charge is 2.24. The molecule has 0 spiro atoms. The molecule has 0 heterocycles. The van der Waals surface area contributed by atoms with Gasteiger partial charge < -0.3 is 0 Å². The number of benzene rings is 11. The van der Waals surface area contributed by atoms with Crippen LogP contribution < -0.4 is 0 Å². The van der Waals surface area contributed by atoms with Crippen LogP contribution in [0.15, 0.2) is 206 Å². The van der Waals surface area contributed by atoms with Gasteiger partial charge in [0.05, 0.1) is 0 Å². The molecule has 0 saturated heterocycles. The second-order valence-corrected chi connectivity index (χ2v) is 14.3. The summed E-state index contributed by atoms with van der Waals surface area (Å²) in [6.45, 7) is 0. The maximum Gasteiger partial charge on any atom is -0.000786 e. The van der Waals surface area contributed by atoms with Crippen LogP contribution in [-0.2, 0) is 0 Å². The Morgan fingerprint density at radius 1 is 0.204 bits per heavy atom. The van der Waals surface area contributed by atoms with Crippen molar-refractivity contribution in [1.82, 2.24) is 0 Å². The largest absolute Gasteiger partial charge is 0.0622 e. The van der Waals surface area contributed by atoms with E-state index in [1.165, 1.54) is 109 Å². The Morgan fingerprint density at radius 3 is 1.13 bits per heavy atom. The highest BCUT2D eigenvalue weighted by Crippen LogP contribution is 2.52. The average molecular weight is 683 g/mol. The van der Waals surface area contributed by atoms with Gasteiger partial charge in [-0.25, -0.2) is 0 Å². The van der Waals surface area contributed by atoms with Gasteiger partial charge in [0.2, 0.25) is 0 Å². The Kier molecular flexibility index (Phi) is 6.97. The predicted octanol–water partition coefficient (Wildman–Crippen LogP) is 15.3. The fourth-order valence-electron chi connectivity index (χ4n) is 9.10. The quantitative estimate of drug-likeness (QED) is 0.128. The minimum Gasteiger partial charge on any atom is -0.0622 e. The zero-order valence-electron chi connectivity index (χ0n) is 29.6. The molecule has 250 valence electrons. The van der Waals surface area contributed by atoms with E-state index in [0.29, 0.717) is 0 Å². The third-order valence-corrected chi connectivity index (χ3v) is 11.4. The molecule has 0 bridgehead atoms. The fourth-order valence-corrected chi connectivity index (χ4v) is 9.10. The van der Waals surface area contributed by atoms with Gasteiger partial charge in [-0.05, 0) is 121 Å². The molecule has 0 aliphatic rings. The van der Waals surface area contributed by atoms with Gasteiger partial charge in [0.25, 0.3) is 0 Å². The second kappa shape index (κ2) is 12.3. The molecule has 11 aromatic rings. The lowest BCUT2D eigenvalue weighted by Crippen LogP contribution is -1.96. The van der Waals surface area contributed by atoms with Crippen LogP contribution in [0.25, 0.3) is 109 Å². The van der Waals surface area contributed by atoms with E-state index in [4.69, 9.17) is 0 Å². The first-order chi connectivity index (χ1) is 26.8. The van der Waals surface area contributed by atoms with Crippen LogP contribution in [0.5, 0.6) is 0 Å². The zero-order chi connectivity index (χ0) is 35.6. The van der Waals surface area contributed by atoms with Gasteiger partial charge >= 0.3 is 0 Å². The van der Waals surface area contributed by atoms with Crippen LogP contribution in [0.1, 0.15) is 0 Å². The minimum absolute atomic E-state index is 1.21. The summed E-state index contributed by atoms with van der Waals surface area (Å²) in [5.74, 6) is 0. The van der Waals surface area contributed by atoms with Crippen molar-refractivity contribution in [2.75, 3.05) is 0 Å². The van der Waals surface area contributed by atoms with Gasteiger partial charge in [0.15, 0.2) is 0 Å². The molecule has 54 heavy (non-hydrogen) atoms. The van der Waals surface area contributed by atoms with Crippen molar-refractivity contribution in [2.45, 2.75) is 0 Å². The van der Waals surface area contributed by atoms with E-state index in [1.54, 1.807) is 0 Å². The van der Waals surface area contributed by atoms with Crippen molar-refractivity contribution in [3.63, 3.8) is 0 Å². The molecular formula is C54H34. The van der Waals surface area contributed by atoms with Gasteiger partial charge in [0.1, 0.15) is 0 Å². The van der Waals surface area contributed by atoms with Crippen LogP contribution in [0, 0.1) is 0 Å². The van der Waals surface area contributed by atoms with E-state index in [9.17, 15) is 0 Å². The van der Waals surface area contributed by atoms with E-state index in [-0.39, 0.29) is 0 Å². The van der Waals surface area contributed by atoms with Crippen molar-refractivity contribution in [2.24, 2.45) is 0 Å². The van der Waals surface area contributed by atoms with Crippen molar-refractivity contribution in [3.8, 4) is 44.5 Å². The molecule has 0 heteroatoms. The first kappa shape index (κ1) is 30.6. The standard InChI is InChI=1S/C54H34/c1-5-17-35(18-6-1)41-31-32-42(36-19-7-2-8-20-36)54-51(39-24-11-4-12-25-39)49-34-47-46(33-48(49)50(53(41)54)38-22-9-3-10-23-38)44-28-16-15-27-43(44)45-30-29-37-21-13-14-26-40(37)52(45)47/h1-34H. The molecule has 11 aromatic carbocycles. The Hall–Kier alpha value is -7.02. The Labute approximate surface area is 314 Å². The van der Waals surface area contributed by atoms with E-state index in [2.05, 4.69) is 206 Å². The summed E-state index contributed by atoms with van der Waals surface area (Å²) in [6.07, 6.45) is 0.